The second kappa shape index (κ2) is 10.7. The Bertz CT molecular complexity index is 1230. The number of carboxylic acids is 1. The van der Waals surface area contributed by atoms with Gasteiger partial charge in [-0.2, -0.15) is 0 Å². The number of halogens is 2. The molecule has 0 spiro atoms. The lowest BCUT2D eigenvalue weighted by Gasteiger charge is -2.24. The normalized spacial score (nSPS) is 16.4. The highest BCUT2D eigenvalue weighted by Gasteiger charge is 2.35. The molecule has 1 aliphatic heterocycles. The van der Waals surface area contributed by atoms with Crippen LogP contribution in [0.1, 0.15) is 35.6 Å². The molecule has 1 heterocycles. The number of amides is 1. The summed E-state index contributed by atoms with van der Waals surface area (Å²) in [6.45, 7) is 1.89. The van der Waals surface area contributed by atoms with Gasteiger partial charge in [0.25, 0.3) is 0 Å². The third-order valence-corrected chi connectivity index (χ3v) is 6.78. The number of hydrogen-bond donors (Lipinski definition) is 1. The first-order chi connectivity index (χ1) is 16.7. The van der Waals surface area contributed by atoms with Gasteiger partial charge in [0.05, 0.1) is 0 Å². The lowest BCUT2D eigenvalue weighted by atomic mass is 9.91. The van der Waals surface area contributed by atoms with E-state index in [4.69, 9.17) is 27.9 Å². The molecule has 3 aromatic carbocycles. The summed E-state index contributed by atoms with van der Waals surface area (Å²) in [5, 5.41) is 10.5. The van der Waals surface area contributed by atoms with E-state index in [0.29, 0.717) is 16.5 Å². The molecular formula is C28H27Cl2NO4. The molecular weight excluding hydrogens is 485 g/mol. The molecule has 4 rings (SSSR count). The van der Waals surface area contributed by atoms with Gasteiger partial charge >= 0.3 is 5.97 Å². The third kappa shape index (κ3) is 6.56. The van der Waals surface area contributed by atoms with Crippen molar-refractivity contribution < 1.29 is 19.4 Å². The van der Waals surface area contributed by atoms with E-state index in [2.05, 4.69) is 13.0 Å². The topological polar surface area (TPSA) is 66.8 Å². The van der Waals surface area contributed by atoms with Gasteiger partial charge in [0.2, 0.25) is 5.91 Å². The van der Waals surface area contributed by atoms with Crippen molar-refractivity contribution in [2.75, 3.05) is 6.54 Å². The highest BCUT2D eigenvalue weighted by molar-refractivity contribution is 6.31. The number of carbonyl (C=O) groups excluding carboxylic acids is 1. The number of ether oxygens (including phenoxy) is 1. The van der Waals surface area contributed by atoms with Gasteiger partial charge in [-0.05, 0) is 59.9 Å². The standard InChI is InChI=1S/C28H27Cl2NO4/c1-28(15-20-6-10-23(29)11-7-20)16-22-14-19(8-12-25(22)35-28)9-13-26(32)31(18-27(33)34)17-21-4-2-3-5-24(21)30/h2-8,10-12,14H,9,13,15-18H2,1H3,(H,33,34). The molecule has 1 unspecified atom stereocenters. The molecule has 35 heavy (non-hydrogen) atoms. The van der Waals surface area contributed by atoms with Crippen LogP contribution in [0, 0.1) is 0 Å². The smallest absolute Gasteiger partial charge is 0.323 e. The maximum atomic E-state index is 12.9. The van der Waals surface area contributed by atoms with Crippen molar-refractivity contribution in [3.8, 4) is 5.75 Å². The summed E-state index contributed by atoms with van der Waals surface area (Å²) in [4.78, 5) is 25.6. The Labute approximate surface area is 215 Å². The van der Waals surface area contributed by atoms with Crippen LogP contribution in [0.4, 0.5) is 0 Å². The molecule has 0 radical (unpaired) electrons. The second-order valence-corrected chi connectivity index (χ2v) is 10.1. The van der Waals surface area contributed by atoms with E-state index in [1.165, 1.54) is 4.90 Å². The van der Waals surface area contributed by atoms with E-state index in [9.17, 15) is 14.7 Å². The molecule has 1 aliphatic rings. The molecule has 182 valence electrons. The summed E-state index contributed by atoms with van der Waals surface area (Å²) in [5.41, 5.74) is 3.66. The number of aliphatic carboxylic acids is 1. The highest BCUT2D eigenvalue weighted by Crippen LogP contribution is 2.37. The van der Waals surface area contributed by atoms with Crippen molar-refractivity contribution >= 4 is 35.1 Å². The predicted molar refractivity (Wildman–Crippen MR) is 137 cm³/mol. The molecule has 0 fully saturated rings. The number of carboxylic acid groups (broad SMARTS) is 1. The van der Waals surface area contributed by atoms with E-state index in [-0.39, 0.29) is 31.0 Å². The Hall–Kier alpha value is -3.02. The average Bonchev–Trinajstić information content (AvgIpc) is 3.14. The molecule has 0 saturated heterocycles. The summed E-state index contributed by atoms with van der Waals surface area (Å²) in [6, 6.07) is 21.0. The largest absolute Gasteiger partial charge is 0.487 e. The monoisotopic (exact) mass is 511 g/mol. The van der Waals surface area contributed by atoms with Crippen LogP contribution in [0.25, 0.3) is 0 Å². The van der Waals surface area contributed by atoms with Gasteiger partial charge in [0.1, 0.15) is 17.9 Å². The quantitative estimate of drug-likeness (QED) is 0.383. The van der Waals surface area contributed by atoms with Crippen LogP contribution in [0.5, 0.6) is 5.75 Å². The fourth-order valence-corrected chi connectivity index (χ4v) is 4.82. The molecule has 0 saturated carbocycles. The molecule has 1 atom stereocenters. The lowest BCUT2D eigenvalue weighted by Crippen LogP contribution is -2.35. The molecule has 1 N–H and O–H groups in total. The molecule has 0 aliphatic carbocycles. The van der Waals surface area contributed by atoms with Crippen LogP contribution in [0.2, 0.25) is 10.0 Å². The minimum atomic E-state index is -1.06. The van der Waals surface area contributed by atoms with Crippen LogP contribution < -0.4 is 4.74 Å². The average molecular weight is 512 g/mol. The van der Waals surface area contributed by atoms with Crippen LogP contribution in [0.15, 0.2) is 66.7 Å². The zero-order chi connectivity index (χ0) is 25.0. The zero-order valence-electron chi connectivity index (χ0n) is 19.5. The van der Waals surface area contributed by atoms with E-state index in [0.717, 1.165) is 40.8 Å². The van der Waals surface area contributed by atoms with Gasteiger partial charge in [-0.3, -0.25) is 9.59 Å². The first-order valence-electron chi connectivity index (χ1n) is 11.5. The molecule has 0 aromatic heterocycles. The highest BCUT2D eigenvalue weighted by atomic mass is 35.5. The maximum Gasteiger partial charge on any atom is 0.323 e. The number of benzene rings is 3. The maximum absolute atomic E-state index is 12.9. The summed E-state index contributed by atoms with van der Waals surface area (Å²) < 4.78 is 6.28. The number of hydrogen-bond acceptors (Lipinski definition) is 3. The van der Waals surface area contributed by atoms with Gasteiger partial charge in [0.15, 0.2) is 0 Å². The number of rotatable bonds is 9. The Morgan fingerprint density at radius 2 is 1.74 bits per heavy atom. The van der Waals surface area contributed by atoms with Crippen molar-refractivity contribution in [3.63, 3.8) is 0 Å². The Kier molecular flexibility index (Phi) is 7.68. The first kappa shape index (κ1) is 25.1. The first-order valence-corrected chi connectivity index (χ1v) is 12.2. The Morgan fingerprint density at radius 1 is 1.03 bits per heavy atom. The van der Waals surface area contributed by atoms with E-state index in [1.807, 2.05) is 42.5 Å². The fourth-order valence-electron chi connectivity index (χ4n) is 4.50. The van der Waals surface area contributed by atoms with Crippen molar-refractivity contribution in [1.29, 1.82) is 0 Å². The van der Waals surface area contributed by atoms with E-state index >= 15 is 0 Å². The van der Waals surface area contributed by atoms with Crippen LogP contribution in [-0.4, -0.2) is 34.0 Å². The third-order valence-electron chi connectivity index (χ3n) is 6.16. The summed E-state index contributed by atoms with van der Waals surface area (Å²) in [7, 11) is 0. The number of carbonyl (C=O) groups is 2. The number of nitrogens with zero attached hydrogens (tertiary/aromatic N) is 1. The SMILES string of the molecule is CC1(Cc2ccc(Cl)cc2)Cc2cc(CCC(=O)N(CC(=O)O)Cc3ccccc3Cl)ccc2O1. The molecule has 7 heteroatoms. The van der Waals surface area contributed by atoms with Gasteiger partial charge < -0.3 is 14.7 Å². The lowest BCUT2D eigenvalue weighted by molar-refractivity contribution is -0.144. The summed E-state index contributed by atoms with van der Waals surface area (Å²) >= 11 is 12.2. The zero-order valence-corrected chi connectivity index (χ0v) is 21.0. The van der Waals surface area contributed by atoms with Crippen LogP contribution >= 0.6 is 23.2 Å². The van der Waals surface area contributed by atoms with Crippen molar-refractivity contribution in [2.45, 2.75) is 44.8 Å². The second-order valence-electron chi connectivity index (χ2n) is 9.21. The Morgan fingerprint density at radius 3 is 2.46 bits per heavy atom. The van der Waals surface area contributed by atoms with Crippen LogP contribution in [0.3, 0.4) is 0 Å². The number of aryl methyl sites for hydroxylation is 1. The van der Waals surface area contributed by atoms with Gasteiger partial charge in [-0.25, -0.2) is 0 Å². The summed E-state index contributed by atoms with van der Waals surface area (Å²) in [6.07, 6.45) is 2.25. The fraction of sp³-hybridized carbons (Fsp3) is 0.286. The van der Waals surface area contributed by atoms with Crippen molar-refractivity contribution in [3.05, 3.63) is 99.0 Å². The predicted octanol–water partition coefficient (Wildman–Crippen LogP) is 5.98. The molecule has 1 amide bonds. The Balaban J connectivity index is 1.39. The van der Waals surface area contributed by atoms with E-state index in [1.54, 1.807) is 18.2 Å². The van der Waals surface area contributed by atoms with Gasteiger partial charge in [0, 0.05) is 35.9 Å². The molecule has 5 nitrogen and oxygen atoms in total. The van der Waals surface area contributed by atoms with Gasteiger partial charge in [-0.1, -0.05) is 65.7 Å². The minimum absolute atomic E-state index is 0.159. The van der Waals surface area contributed by atoms with Crippen molar-refractivity contribution in [1.82, 2.24) is 4.90 Å². The molecule has 3 aromatic rings. The minimum Gasteiger partial charge on any atom is -0.487 e. The van der Waals surface area contributed by atoms with Crippen molar-refractivity contribution in [2.24, 2.45) is 0 Å². The van der Waals surface area contributed by atoms with Gasteiger partial charge in [-0.15, -0.1) is 0 Å². The summed E-state index contributed by atoms with van der Waals surface area (Å²) in [5.74, 6) is -0.417. The van der Waals surface area contributed by atoms with Crippen LogP contribution in [-0.2, 0) is 35.4 Å². The van der Waals surface area contributed by atoms with E-state index < -0.39 is 5.97 Å². The molecule has 0 bridgehead atoms. The number of fused-ring (bicyclic) bond motifs is 1.